The summed E-state index contributed by atoms with van der Waals surface area (Å²) in [7, 11) is 2.18. The molecule has 1 aliphatic rings. The second kappa shape index (κ2) is 6.74. The molecule has 1 aromatic rings. The molecule has 3 atom stereocenters. The van der Waals surface area contributed by atoms with Crippen molar-refractivity contribution in [2.75, 3.05) is 7.05 Å². The fourth-order valence-corrected chi connectivity index (χ4v) is 3.44. The highest BCUT2D eigenvalue weighted by atomic mass is 35.5. The second-order valence-electron chi connectivity index (χ2n) is 5.73. The molecule has 1 aliphatic carbocycles. The molecule has 0 saturated heterocycles. The van der Waals surface area contributed by atoms with Crippen LogP contribution >= 0.6 is 11.6 Å². The van der Waals surface area contributed by atoms with Crippen LogP contribution in [0.4, 0.5) is 0 Å². The van der Waals surface area contributed by atoms with Crippen molar-refractivity contribution in [3.05, 3.63) is 34.9 Å². The summed E-state index contributed by atoms with van der Waals surface area (Å²) in [5.41, 5.74) is 7.56. The first kappa shape index (κ1) is 14.8. The number of rotatable bonds is 3. The van der Waals surface area contributed by atoms with Crippen molar-refractivity contribution in [1.29, 1.82) is 0 Å². The normalized spacial score (nSPS) is 26.2. The van der Waals surface area contributed by atoms with Crippen LogP contribution in [0.25, 0.3) is 0 Å². The second-order valence-corrected chi connectivity index (χ2v) is 6.14. The van der Waals surface area contributed by atoms with E-state index in [1.54, 1.807) is 0 Å². The van der Waals surface area contributed by atoms with Crippen molar-refractivity contribution in [1.82, 2.24) is 4.90 Å². The van der Waals surface area contributed by atoms with E-state index < -0.39 is 0 Å². The molecule has 106 valence electrons. The summed E-state index contributed by atoms with van der Waals surface area (Å²) >= 11 is 6.31. The molecular formula is C16H25ClN2. The maximum atomic E-state index is 6.36. The predicted molar refractivity (Wildman–Crippen MR) is 82.5 cm³/mol. The standard InChI is InChI=1S/C16H25ClN2/c1-12(13-8-6-7-9-14(13)17)19(2)16-11-5-3-4-10-15(16)18/h6-9,12,15-16H,3-5,10-11,18H2,1-2H3. The van der Waals surface area contributed by atoms with Gasteiger partial charge in [-0.25, -0.2) is 0 Å². The lowest BCUT2D eigenvalue weighted by Gasteiger charge is -2.36. The van der Waals surface area contributed by atoms with E-state index in [9.17, 15) is 0 Å². The highest BCUT2D eigenvalue weighted by molar-refractivity contribution is 6.31. The summed E-state index contributed by atoms with van der Waals surface area (Å²) in [4.78, 5) is 2.41. The zero-order valence-corrected chi connectivity index (χ0v) is 12.7. The van der Waals surface area contributed by atoms with Gasteiger partial charge in [0.1, 0.15) is 0 Å². The van der Waals surface area contributed by atoms with Gasteiger partial charge in [0.2, 0.25) is 0 Å². The van der Waals surface area contributed by atoms with Crippen molar-refractivity contribution in [3.63, 3.8) is 0 Å². The van der Waals surface area contributed by atoms with Crippen LogP contribution in [-0.2, 0) is 0 Å². The van der Waals surface area contributed by atoms with Gasteiger partial charge in [-0.05, 0) is 38.4 Å². The molecule has 2 nitrogen and oxygen atoms in total. The van der Waals surface area contributed by atoms with Gasteiger partial charge in [-0.1, -0.05) is 49.1 Å². The van der Waals surface area contributed by atoms with E-state index in [0.717, 1.165) is 11.4 Å². The Morgan fingerprint density at radius 1 is 1.21 bits per heavy atom. The van der Waals surface area contributed by atoms with Crippen LogP contribution in [0.1, 0.15) is 50.6 Å². The fourth-order valence-electron chi connectivity index (χ4n) is 3.14. The summed E-state index contributed by atoms with van der Waals surface area (Å²) < 4.78 is 0. The molecule has 3 unspecified atom stereocenters. The lowest BCUT2D eigenvalue weighted by molar-refractivity contribution is 0.152. The quantitative estimate of drug-likeness (QED) is 0.848. The molecule has 0 spiro atoms. The first-order valence-electron chi connectivity index (χ1n) is 7.33. The number of hydrogen-bond acceptors (Lipinski definition) is 2. The largest absolute Gasteiger partial charge is 0.326 e. The maximum absolute atomic E-state index is 6.36. The molecule has 0 bridgehead atoms. The van der Waals surface area contributed by atoms with E-state index >= 15 is 0 Å². The van der Waals surface area contributed by atoms with E-state index in [1.807, 2.05) is 12.1 Å². The van der Waals surface area contributed by atoms with E-state index in [0.29, 0.717) is 12.1 Å². The lowest BCUT2D eigenvalue weighted by atomic mass is 9.98. The molecule has 1 fully saturated rings. The Kier molecular flexibility index (Phi) is 5.26. The molecule has 0 aliphatic heterocycles. The van der Waals surface area contributed by atoms with Crippen molar-refractivity contribution in [3.8, 4) is 0 Å². The summed E-state index contributed by atoms with van der Waals surface area (Å²) in [6, 6.07) is 9.18. The van der Waals surface area contributed by atoms with Crippen LogP contribution in [0, 0.1) is 0 Å². The number of benzene rings is 1. The molecule has 2 rings (SSSR count). The summed E-state index contributed by atoms with van der Waals surface area (Å²) in [6.45, 7) is 2.22. The average Bonchev–Trinajstić information content (AvgIpc) is 2.62. The predicted octanol–water partition coefficient (Wildman–Crippen LogP) is 3.99. The lowest BCUT2D eigenvalue weighted by Crippen LogP contribution is -2.46. The Morgan fingerprint density at radius 3 is 2.63 bits per heavy atom. The first-order chi connectivity index (χ1) is 9.11. The van der Waals surface area contributed by atoms with Gasteiger partial charge in [-0.2, -0.15) is 0 Å². The van der Waals surface area contributed by atoms with Crippen LogP contribution in [0.3, 0.4) is 0 Å². The first-order valence-corrected chi connectivity index (χ1v) is 7.71. The Bertz CT molecular complexity index is 407. The number of hydrogen-bond donors (Lipinski definition) is 1. The minimum Gasteiger partial charge on any atom is -0.326 e. The molecule has 1 aromatic carbocycles. The zero-order chi connectivity index (χ0) is 13.8. The van der Waals surface area contributed by atoms with Gasteiger partial charge in [0.25, 0.3) is 0 Å². The average molecular weight is 281 g/mol. The van der Waals surface area contributed by atoms with Gasteiger partial charge in [0, 0.05) is 23.1 Å². The zero-order valence-electron chi connectivity index (χ0n) is 12.0. The van der Waals surface area contributed by atoms with Crippen LogP contribution in [0.15, 0.2) is 24.3 Å². The molecule has 2 N–H and O–H groups in total. The van der Waals surface area contributed by atoms with Gasteiger partial charge in [-0.15, -0.1) is 0 Å². The summed E-state index contributed by atoms with van der Waals surface area (Å²) in [6.07, 6.45) is 6.22. The fraction of sp³-hybridized carbons (Fsp3) is 0.625. The van der Waals surface area contributed by atoms with Gasteiger partial charge in [0.15, 0.2) is 0 Å². The van der Waals surface area contributed by atoms with Gasteiger partial charge in [-0.3, -0.25) is 4.90 Å². The molecule has 0 aromatic heterocycles. The number of halogens is 1. The molecule has 3 heteroatoms. The highest BCUT2D eigenvalue weighted by Gasteiger charge is 2.28. The van der Waals surface area contributed by atoms with Gasteiger partial charge >= 0.3 is 0 Å². The van der Waals surface area contributed by atoms with Crippen molar-refractivity contribution < 1.29 is 0 Å². The third-order valence-electron chi connectivity index (χ3n) is 4.52. The van der Waals surface area contributed by atoms with Crippen LogP contribution in [-0.4, -0.2) is 24.0 Å². The third-order valence-corrected chi connectivity index (χ3v) is 4.87. The van der Waals surface area contributed by atoms with E-state index in [1.165, 1.54) is 31.2 Å². The Labute approximate surface area is 121 Å². The van der Waals surface area contributed by atoms with Gasteiger partial charge < -0.3 is 5.73 Å². The summed E-state index contributed by atoms with van der Waals surface area (Å²) in [5.74, 6) is 0. The molecular weight excluding hydrogens is 256 g/mol. The van der Waals surface area contributed by atoms with Crippen molar-refractivity contribution in [2.45, 2.75) is 57.2 Å². The smallest absolute Gasteiger partial charge is 0.0453 e. The molecule has 19 heavy (non-hydrogen) atoms. The van der Waals surface area contributed by atoms with E-state index in [2.05, 4.69) is 31.0 Å². The number of likely N-dealkylation sites (N-methyl/N-ethyl adjacent to an activating group) is 1. The van der Waals surface area contributed by atoms with Crippen molar-refractivity contribution >= 4 is 11.6 Å². The molecule has 0 radical (unpaired) electrons. The van der Waals surface area contributed by atoms with Crippen molar-refractivity contribution in [2.24, 2.45) is 5.73 Å². The SMILES string of the molecule is CC(c1ccccc1Cl)N(C)C1CCCCCC1N. The molecule has 1 saturated carbocycles. The summed E-state index contributed by atoms with van der Waals surface area (Å²) in [5, 5.41) is 0.851. The number of nitrogens with zero attached hydrogens (tertiary/aromatic N) is 1. The minimum atomic E-state index is 0.289. The van der Waals surface area contributed by atoms with Gasteiger partial charge in [0.05, 0.1) is 0 Å². The van der Waals surface area contributed by atoms with Crippen LogP contribution in [0.5, 0.6) is 0 Å². The van der Waals surface area contributed by atoms with E-state index in [4.69, 9.17) is 17.3 Å². The topological polar surface area (TPSA) is 29.3 Å². The highest BCUT2D eigenvalue weighted by Crippen LogP contribution is 2.30. The minimum absolute atomic E-state index is 0.289. The van der Waals surface area contributed by atoms with Crippen LogP contribution < -0.4 is 5.73 Å². The van der Waals surface area contributed by atoms with E-state index in [-0.39, 0.29) is 6.04 Å². The third kappa shape index (κ3) is 3.50. The Balaban J connectivity index is 2.13. The molecule has 0 heterocycles. The molecule has 0 amide bonds. The van der Waals surface area contributed by atoms with Crippen LogP contribution in [0.2, 0.25) is 5.02 Å². The number of nitrogens with two attached hydrogens (primary N) is 1. The monoisotopic (exact) mass is 280 g/mol. The Hall–Kier alpha value is -0.570. The maximum Gasteiger partial charge on any atom is 0.0453 e. The Morgan fingerprint density at radius 2 is 1.89 bits per heavy atom.